The first-order chi connectivity index (χ1) is 13.2. The molecule has 0 saturated carbocycles. The molecule has 0 radical (unpaired) electrons. The molecule has 0 heterocycles. The lowest BCUT2D eigenvalue weighted by molar-refractivity contribution is -0.127. The van der Waals surface area contributed by atoms with Crippen LogP contribution in [-0.2, 0) is 16.0 Å². The van der Waals surface area contributed by atoms with Gasteiger partial charge in [-0.05, 0) is 50.5 Å². The molecular formula is C23H30N2O2. The number of amides is 2. The van der Waals surface area contributed by atoms with Crippen LogP contribution in [0.4, 0.5) is 0 Å². The minimum Gasteiger partial charge on any atom is -0.354 e. The van der Waals surface area contributed by atoms with Gasteiger partial charge in [0, 0.05) is 18.4 Å². The smallest absolute Gasteiger partial charge is 0.223 e. The fourth-order valence-electron chi connectivity index (χ4n) is 3.82. The number of carbonyl (C=O) groups is 2. The zero-order valence-electron chi connectivity index (χ0n) is 15.9. The van der Waals surface area contributed by atoms with Gasteiger partial charge in [-0.1, -0.05) is 54.6 Å². The van der Waals surface area contributed by atoms with E-state index in [1.807, 2.05) is 18.2 Å². The van der Waals surface area contributed by atoms with Gasteiger partial charge in [0.15, 0.2) is 0 Å². The molecule has 0 spiro atoms. The summed E-state index contributed by atoms with van der Waals surface area (Å²) < 4.78 is 0. The molecule has 2 N–H and O–H groups in total. The van der Waals surface area contributed by atoms with E-state index in [0.717, 1.165) is 44.9 Å². The highest BCUT2D eigenvalue weighted by molar-refractivity contribution is 5.80. The molecule has 144 valence electrons. The van der Waals surface area contributed by atoms with E-state index in [4.69, 9.17) is 0 Å². The molecule has 0 unspecified atom stereocenters. The summed E-state index contributed by atoms with van der Waals surface area (Å²) in [6, 6.07) is 10.0. The van der Waals surface area contributed by atoms with E-state index in [1.165, 1.54) is 5.56 Å². The summed E-state index contributed by atoms with van der Waals surface area (Å²) in [5.41, 5.74) is 1.17. The van der Waals surface area contributed by atoms with Crippen LogP contribution in [0.1, 0.15) is 44.1 Å². The van der Waals surface area contributed by atoms with Crippen LogP contribution in [-0.4, -0.2) is 24.4 Å². The van der Waals surface area contributed by atoms with Gasteiger partial charge in [0.05, 0.1) is 6.04 Å². The van der Waals surface area contributed by atoms with Crippen LogP contribution in [0.5, 0.6) is 0 Å². The summed E-state index contributed by atoms with van der Waals surface area (Å²) in [7, 11) is 0. The SMILES string of the molecule is O=C(NC[C@H](Cc1ccccc1)NC(=O)[C@H]1CC=CCC1)[C@@H]1CC=CCC1. The molecule has 27 heavy (non-hydrogen) atoms. The zero-order valence-corrected chi connectivity index (χ0v) is 15.9. The van der Waals surface area contributed by atoms with E-state index in [-0.39, 0.29) is 29.7 Å². The molecule has 2 aliphatic carbocycles. The molecule has 0 aromatic heterocycles. The Labute approximate surface area is 162 Å². The number of allylic oxidation sites excluding steroid dienone is 4. The molecular weight excluding hydrogens is 336 g/mol. The summed E-state index contributed by atoms with van der Waals surface area (Å²) in [4.78, 5) is 25.2. The van der Waals surface area contributed by atoms with Gasteiger partial charge >= 0.3 is 0 Å². The summed E-state index contributed by atoms with van der Waals surface area (Å²) in [5, 5.41) is 6.27. The number of benzene rings is 1. The number of nitrogens with one attached hydrogen (secondary N) is 2. The average Bonchev–Trinajstić information content (AvgIpc) is 2.73. The van der Waals surface area contributed by atoms with Crippen molar-refractivity contribution in [1.82, 2.24) is 10.6 Å². The zero-order chi connectivity index (χ0) is 18.9. The van der Waals surface area contributed by atoms with Crippen molar-refractivity contribution in [1.29, 1.82) is 0 Å². The quantitative estimate of drug-likeness (QED) is 0.725. The fraction of sp³-hybridized carbons (Fsp3) is 0.478. The minimum atomic E-state index is -0.0890. The number of rotatable bonds is 7. The first kappa shape index (κ1) is 19.4. The van der Waals surface area contributed by atoms with Crippen molar-refractivity contribution in [3.63, 3.8) is 0 Å². The lowest BCUT2D eigenvalue weighted by atomic mass is 9.92. The Morgan fingerprint density at radius 1 is 0.889 bits per heavy atom. The van der Waals surface area contributed by atoms with Gasteiger partial charge in [-0.3, -0.25) is 9.59 Å². The third-order valence-electron chi connectivity index (χ3n) is 5.47. The third kappa shape index (κ3) is 6.09. The van der Waals surface area contributed by atoms with Gasteiger partial charge in [-0.2, -0.15) is 0 Å². The predicted octanol–water partition coefficient (Wildman–Crippen LogP) is 3.54. The molecule has 2 aliphatic rings. The highest BCUT2D eigenvalue weighted by Gasteiger charge is 2.24. The van der Waals surface area contributed by atoms with Gasteiger partial charge < -0.3 is 10.6 Å². The van der Waals surface area contributed by atoms with E-state index >= 15 is 0 Å². The molecule has 0 bridgehead atoms. The van der Waals surface area contributed by atoms with E-state index in [2.05, 4.69) is 47.1 Å². The lowest BCUT2D eigenvalue weighted by Crippen LogP contribution is -2.48. The summed E-state index contributed by atoms with van der Waals surface area (Å²) in [5.74, 6) is 0.321. The predicted molar refractivity (Wildman–Crippen MR) is 108 cm³/mol. The van der Waals surface area contributed by atoms with E-state index < -0.39 is 0 Å². The van der Waals surface area contributed by atoms with Gasteiger partial charge in [-0.15, -0.1) is 0 Å². The highest BCUT2D eigenvalue weighted by Crippen LogP contribution is 2.19. The van der Waals surface area contributed by atoms with E-state index in [0.29, 0.717) is 6.54 Å². The first-order valence-corrected chi connectivity index (χ1v) is 10.1. The Kier molecular flexibility index (Phi) is 7.26. The largest absolute Gasteiger partial charge is 0.354 e. The molecule has 4 heteroatoms. The first-order valence-electron chi connectivity index (χ1n) is 10.1. The molecule has 4 nitrogen and oxygen atoms in total. The second kappa shape index (κ2) is 10.1. The molecule has 1 aromatic rings. The van der Waals surface area contributed by atoms with Crippen LogP contribution in [0.15, 0.2) is 54.6 Å². The fourth-order valence-corrected chi connectivity index (χ4v) is 3.82. The van der Waals surface area contributed by atoms with Gasteiger partial charge in [0.25, 0.3) is 0 Å². The maximum Gasteiger partial charge on any atom is 0.223 e. The average molecular weight is 367 g/mol. The number of hydrogen-bond acceptors (Lipinski definition) is 2. The monoisotopic (exact) mass is 366 g/mol. The van der Waals surface area contributed by atoms with Crippen molar-refractivity contribution < 1.29 is 9.59 Å². The topological polar surface area (TPSA) is 58.2 Å². The van der Waals surface area contributed by atoms with Crippen LogP contribution >= 0.6 is 0 Å². The number of hydrogen-bond donors (Lipinski definition) is 2. The van der Waals surface area contributed by atoms with Gasteiger partial charge in [0.2, 0.25) is 11.8 Å². The van der Waals surface area contributed by atoms with Crippen molar-refractivity contribution >= 4 is 11.8 Å². The van der Waals surface area contributed by atoms with E-state index in [1.54, 1.807) is 0 Å². The van der Waals surface area contributed by atoms with Crippen molar-refractivity contribution in [3.8, 4) is 0 Å². The Morgan fingerprint density at radius 3 is 2.11 bits per heavy atom. The molecule has 3 atom stereocenters. The Hall–Kier alpha value is -2.36. The Morgan fingerprint density at radius 2 is 1.52 bits per heavy atom. The second-order valence-electron chi connectivity index (χ2n) is 7.60. The summed E-state index contributed by atoms with van der Waals surface area (Å²) >= 11 is 0. The standard InChI is InChI=1S/C23H30N2O2/c26-22(19-12-6-2-7-13-19)24-17-21(16-18-10-4-1-5-11-18)25-23(27)20-14-8-3-9-15-20/h1-6,8,10-11,19-21H,7,9,12-17H2,(H,24,26)(H,25,27)/t19-,20+,21+/m1/s1. The van der Waals surface area contributed by atoms with Gasteiger partial charge in [0.1, 0.15) is 0 Å². The normalized spacial score (nSPS) is 22.8. The Balaban J connectivity index is 1.58. The van der Waals surface area contributed by atoms with Crippen LogP contribution in [0.25, 0.3) is 0 Å². The molecule has 1 aromatic carbocycles. The van der Waals surface area contributed by atoms with Crippen LogP contribution in [0, 0.1) is 11.8 Å². The van der Waals surface area contributed by atoms with Crippen molar-refractivity contribution in [2.75, 3.05) is 6.54 Å². The van der Waals surface area contributed by atoms with Crippen molar-refractivity contribution in [2.24, 2.45) is 11.8 Å². The van der Waals surface area contributed by atoms with Crippen LogP contribution in [0.3, 0.4) is 0 Å². The maximum absolute atomic E-state index is 12.7. The van der Waals surface area contributed by atoms with Crippen LogP contribution in [0.2, 0.25) is 0 Å². The highest BCUT2D eigenvalue weighted by atomic mass is 16.2. The lowest BCUT2D eigenvalue weighted by Gasteiger charge is -2.25. The van der Waals surface area contributed by atoms with Gasteiger partial charge in [-0.25, -0.2) is 0 Å². The Bertz CT molecular complexity index is 681. The maximum atomic E-state index is 12.7. The minimum absolute atomic E-state index is 0.0486. The molecule has 3 rings (SSSR count). The molecule has 2 amide bonds. The second-order valence-corrected chi connectivity index (χ2v) is 7.60. The molecule has 0 saturated heterocycles. The van der Waals surface area contributed by atoms with Crippen molar-refractivity contribution in [3.05, 3.63) is 60.2 Å². The van der Waals surface area contributed by atoms with E-state index in [9.17, 15) is 9.59 Å². The molecule has 0 fully saturated rings. The summed E-state index contributed by atoms with van der Waals surface area (Å²) in [6.07, 6.45) is 14.6. The third-order valence-corrected chi connectivity index (χ3v) is 5.47. The van der Waals surface area contributed by atoms with Crippen LogP contribution < -0.4 is 10.6 Å². The summed E-state index contributed by atoms with van der Waals surface area (Å²) in [6.45, 7) is 0.474. The molecule has 0 aliphatic heterocycles. The number of carbonyl (C=O) groups excluding carboxylic acids is 2. The van der Waals surface area contributed by atoms with Crippen molar-refractivity contribution in [2.45, 2.75) is 51.0 Å².